The van der Waals surface area contributed by atoms with Crippen LogP contribution in [0, 0.1) is 5.82 Å². The Hall–Kier alpha value is -2.76. The molecular weight excluding hydrogens is 297 g/mol. The number of rotatable bonds is 6. The fraction of sp³-hybridized carbons (Fsp3) is 0.235. The van der Waals surface area contributed by atoms with Crippen molar-refractivity contribution in [1.29, 1.82) is 0 Å². The Morgan fingerprint density at radius 1 is 1.22 bits per heavy atom. The molecule has 1 aromatic heterocycles. The molecule has 0 spiro atoms. The van der Waals surface area contributed by atoms with Gasteiger partial charge >= 0.3 is 0 Å². The highest BCUT2D eigenvalue weighted by molar-refractivity contribution is 6.07. The summed E-state index contributed by atoms with van der Waals surface area (Å²) >= 11 is 0. The Morgan fingerprint density at radius 3 is 2.52 bits per heavy atom. The minimum absolute atomic E-state index is 0.0235. The number of nitrogens with zero attached hydrogens (tertiary/aromatic N) is 2. The zero-order valence-corrected chi connectivity index (χ0v) is 12.8. The van der Waals surface area contributed by atoms with Gasteiger partial charge in [0.1, 0.15) is 5.82 Å². The maximum Gasteiger partial charge on any atom is 0.258 e. The van der Waals surface area contributed by atoms with E-state index in [-0.39, 0.29) is 18.9 Å². The first-order valence-corrected chi connectivity index (χ1v) is 7.31. The van der Waals surface area contributed by atoms with Crippen molar-refractivity contribution in [3.8, 4) is 0 Å². The fourth-order valence-electron chi connectivity index (χ4n) is 2.25. The van der Waals surface area contributed by atoms with Gasteiger partial charge in [0.15, 0.2) is 0 Å². The number of benzene rings is 1. The number of nitrogens with two attached hydrogens (primary N) is 1. The number of anilines is 1. The average Bonchev–Trinajstić information content (AvgIpc) is 2.56. The van der Waals surface area contributed by atoms with Crippen LogP contribution in [0.25, 0.3) is 0 Å². The van der Waals surface area contributed by atoms with E-state index in [0.717, 1.165) is 5.56 Å². The van der Waals surface area contributed by atoms with E-state index in [4.69, 9.17) is 5.73 Å². The summed E-state index contributed by atoms with van der Waals surface area (Å²) in [6, 6.07) is 7.18. The molecule has 2 aromatic rings. The zero-order chi connectivity index (χ0) is 16.8. The molecule has 120 valence electrons. The fourth-order valence-corrected chi connectivity index (χ4v) is 2.25. The molecule has 2 N–H and O–H groups in total. The Bertz CT molecular complexity index is 701. The van der Waals surface area contributed by atoms with Crippen LogP contribution in [0.2, 0.25) is 0 Å². The number of hydrogen-bond acceptors (Lipinski definition) is 3. The summed E-state index contributed by atoms with van der Waals surface area (Å²) in [6.07, 6.45) is 3.87. The van der Waals surface area contributed by atoms with Crippen LogP contribution < -0.4 is 10.6 Å². The van der Waals surface area contributed by atoms with E-state index in [9.17, 15) is 14.0 Å². The molecule has 0 radical (unpaired) electrons. The summed E-state index contributed by atoms with van der Waals surface area (Å²) in [7, 11) is 0. The van der Waals surface area contributed by atoms with E-state index in [1.54, 1.807) is 18.5 Å². The predicted octanol–water partition coefficient (Wildman–Crippen LogP) is 2.31. The van der Waals surface area contributed by atoms with E-state index in [1.807, 2.05) is 6.92 Å². The first kappa shape index (κ1) is 16.6. The first-order valence-electron chi connectivity index (χ1n) is 7.31. The Kier molecular flexibility index (Phi) is 5.41. The smallest absolute Gasteiger partial charge is 0.258 e. The molecule has 0 atom stereocenters. The van der Waals surface area contributed by atoms with Gasteiger partial charge in [-0.1, -0.05) is 6.92 Å². The lowest BCUT2D eigenvalue weighted by Crippen LogP contribution is -2.34. The van der Waals surface area contributed by atoms with Crippen LogP contribution in [0.15, 0.2) is 42.7 Å². The van der Waals surface area contributed by atoms with Crippen molar-refractivity contribution in [2.24, 2.45) is 5.73 Å². The summed E-state index contributed by atoms with van der Waals surface area (Å²) in [5, 5.41) is 0. The summed E-state index contributed by atoms with van der Waals surface area (Å²) in [5.74, 6) is -1.17. The highest BCUT2D eigenvalue weighted by Crippen LogP contribution is 2.20. The third-order valence-electron chi connectivity index (χ3n) is 3.48. The lowest BCUT2D eigenvalue weighted by molar-refractivity contribution is -0.117. The number of carbonyl (C=O) groups is 2. The van der Waals surface area contributed by atoms with Gasteiger partial charge in [-0.05, 0) is 42.3 Å². The second kappa shape index (κ2) is 7.49. The van der Waals surface area contributed by atoms with Gasteiger partial charge in [-0.25, -0.2) is 4.39 Å². The van der Waals surface area contributed by atoms with Crippen molar-refractivity contribution in [2.75, 3.05) is 11.4 Å². The van der Waals surface area contributed by atoms with Gasteiger partial charge in [-0.15, -0.1) is 0 Å². The van der Waals surface area contributed by atoms with E-state index >= 15 is 0 Å². The molecule has 23 heavy (non-hydrogen) atoms. The zero-order valence-electron chi connectivity index (χ0n) is 12.8. The quantitative estimate of drug-likeness (QED) is 0.888. The van der Waals surface area contributed by atoms with Crippen molar-refractivity contribution in [3.63, 3.8) is 0 Å². The molecule has 0 fully saturated rings. The summed E-state index contributed by atoms with van der Waals surface area (Å²) in [6.45, 7) is 2.06. The van der Waals surface area contributed by atoms with Crippen LogP contribution in [-0.4, -0.2) is 23.3 Å². The second-order valence-corrected chi connectivity index (χ2v) is 5.04. The number of halogens is 1. The normalized spacial score (nSPS) is 10.3. The van der Waals surface area contributed by atoms with E-state index in [2.05, 4.69) is 4.98 Å². The molecule has 0 unspecified atom stereocenters. The predicted molar refractivity (Wildman–Crippen MR) is 85.5 cm³/mol. The summed E-state index contributed by atoms with van der Waals surface area (Å²) < 4.78 is 13.1. The molecular formula is C17H18FN3O2. The molecule has 0 bridgehead atoms. The van der Waals surface area contributed by atoms with Crippen molar-refractivity contribution in [1.82, 2.24) is 4.98 Å². The molecule has 2 rings (SSSR count). The van der Waals surface area contributed by atoms with Crippen LogP contribution >= 0.6 is 0 Å². The summed E-state index contributed by atoms with van der Waals surface area (Å²) in [4.78, 5) is 29.4. The van der Waals surface area contributed by atoms with Crippen molar-refractivity contribution in [3.05, 3.63) is 59.7 Å². The third-order valence-corrected chi connectivity index (χ3v) is 3.48. The maximum absolute atomic E-state index is 13.1. The molecule has 1 aromatic carbocycles. The Labute approximate surface area is 133 Å². The molecule has 0 aliphatic carbocycles. The molecule has 0 saturated heterocycles. The number of amides is 2. The number of primary amides is 1. The first-order chi connectivity index (χ1) is 11.0. The molecule has 6 heteroatoms. The van der Waals surface area contributed by atoms with Gasteiger partial charge in [0.05, 0.1) is 0 Å². The SMILES string of the molecule is CCc1cnccc1C(=O)N(CCC(N)=O)c1ccc(F)cc1. The van der Waals surface area contributed by atoms with E-state index in [0.29, 0.717) is 17.7 Å². The van der Waals surface area contributed by atoms with Crippen molar-refractivity contribution >= 4 is 17.5 Å². The van der Waals surface area contributed by atoms with Crippen LogP contribution in [-0.2, 0) is 11.2 Å². The minimum atomic E-state index is -0.504. The number of carbonyl (C=O) groups excluding carboxylic acids is 2. The monoisotopic (exact) mass is 315 g/mol. The van der Waals surface area contributed by atoms with Crippen LogP contribution in [0.3, 0.4) is 0 Å². The highest BCUT2D eigenvalue weighted by atomic mass is 19.1. The van der Waals surface area contributed by atoms with Gasteiger partial charge in [0, 0.05) is 36.6 Å². The van der Waals surface area contributed by atoms with Crippen LogP contribution in [0.4, 0.5) is 10.1 Å². The van der Waals surface area contributed by atoms with Gasteiger partial charge in [-0.2, -0.15) is 0 Å². The van der Waals surface area contributed by atoms with Crippen LogP contribution in [0.5, 0.6) is 0 Å². The lowest BCUT2D eigenvalue weighted by atomic mass is 10.1. The Morgan fingerprint density at radius 2 is 1.91 bits per heavy atom. The molecule has 2 amide bonds. The van der Waals surface area contributed by atoms with Gasteiger partial charge in [0.25, 0.3) is 5.91 Å². The molecule has 5 nitrogen and oxygen atoms in total. The van der Waals surface area contributed by atoms with E-state index in [1.165, 1.54) is 29.2 Å². The van der Waals surface area contributed by atoms with Crippen molar-refractivity contribution in [2.45, 2.75) is 19.8 Å². The van der Waals surface area contributed by atoms with Gasteiger partial charge < -0.3 is 10.6 Å². The minimum Gasteiger partial charge on any atom is -0.370 e. The lowest BCUT2D eigenvalue weighted by Gasteiger charge is -2.23. The highest BCUT2D eigenvalue weighted by Gasteiger charge is 2.20. The van der Waals surface area contributed by atoms with E-state index < -0.39 is 11.7 Å². The topological polar surface area (TPSA) is 76.3 Å². The number of aryl methyl sites for hydroxylation is 1. The Balaban J connectivity index is 2.37. The largest absolute Gasteiger partial charge is 0.370 e. The molecule has 1 heterocycles. The van der Waals surface area contributed by atoms with Crippen molar-refractivity contribution < 1.29 is 14.0 Å². The van der Waals surface area contributed by atoms with Gasteiger partial charge in [-0.3, -0.25) is 14.6 Å². The molecule has 0 saturated carbocycles. The number of pyridine rings is 1. The summed E-state index contributed by atoms with van der Waals surface area (Å²) in [5.41, 5.74) is 7.02. The standard InChI is InChI=1S/C17H18FN3O2/c1-2-12-11-20-9-7-15(12)17(23)21(10-8-16(19)22)14-5-3-13(18)4-6-14/h3-7,9,11H,2,8,10H2,1H3,(H2,19,22). The number of aromatic nitrogens is 1. The molecule has 0 aliphatic heterocycles. The third kappa shape index (κ3) is 4.12. The average molecular weight is 315 g/mol. The molecule has 0 aliphatic rings. The van der Waals surface area contributed by atoms with Gasteiger partial charge in [0.2, 0.25) is 5.91 Å². The van der Waals surface area contributed by atoms with Crippen LogP contribution in [0.1, 0.15) is 29.3 Å². The number of hydrogen-bond donors (Lipinski definition) is 1. The maximum atomic E-state index is 13.1. The second-order valence-electron chi connectivity index (χ2n) is 5.04.